The number of H-pyrrole nitrogens is 1. The molecule has 0 radical (unpaired) electrons. The summed E-state index contributed by atoms with van der Waals surface area (Å²) < 4.78 is 0. The van der Waals surface area contributed by atoms with Gasteiger partial charge >= 0.3 is 5.69 Å². The van der Waals surface area contributed by atoms with E-state index in [9.17, 15) is 4.79 Å². The van der Waals surface area contributed by atoms with E-state index in [1.165, 1.54) is 12.0 Å². The van der Waals surface area contributed by atoms with Crippen LogP contribution in [0.3, 0.4) is 0 Å². The average molecular weight is 193 g/mol. The smallest absolute Gasteiger partial charge is 0.330 e. The van der Waals surface area contributed by atoms with Gasteiger partial charge in [-0.05, 0) is 37.8 Å². The van der Waals surface area contributed by atoms with Gasteiger partial charge in [-0.1, -0.05) is 0 Å². The van der Waals surface area contributed by atoms with Crippen molar-refractivity contribution in [3.8, 4) is 0 Å². The second-order valence-corrected chi connectivity index (χ2v) is 3.69. The number of hydrogen-bond acceptors (Lipinski definition) is 3. The van der Waals surface area contributed by atoms with Gasteiger partial charge in [0.25, 0.3) is 0 Å². The van der Waals surface area contributed by atoms with Gasteiger partial charge in [0.1, 0.15) is 0 Å². The van der Waals surface area contributed by atoms with Gasteiger partial charge in [-0.2, -0.15) is 4.98 Å². The lowest BCUT2D eigenvalue weighted by atomic mass is 9.94. The Balaban J connectivity index is 2.47. The zero-order valence-corrected chi connectivity index (χ0v) is 8.18. The minimum atomic E-state index is -0.228. The highest BCUT2D eigenvalue weighted by Crippen LogP contribution is 2.20. The summed E-state index contributed by atoms with van der Waals surface area (Å²) in [5.41, 5.74) is 8.49. The number of nitrogens with zero attached hydrogens (tertiary/aromatic N) is 1. The molecule has 4 heteroatoms. The largest absolute Gasteiger partial charge is 0.345 e. The Labute approximate surface area is 82.6 Å². The van der Waals surface area contributed by atoms with E-state index in [2.05, 4.69) is 9.97 Å². The van der Waals surface area contributed by atoms with Crippen molar-refractivity contribution in [1.82, 2.24) is 9.97 Å². The standard InChI is InChI=1S/C10H15N3O/c11-6-5-9-7-3-1-2-4-8(7)12-10(14)13-9/h1-6,11H2,(H,12,13,14). The van der Waals surface area contributed by atoms with E-state index < -0.39 is 0 Å². The zero-order valence-electron chi connectivity index (χ0n) is 8.18. The van der Waals surface area contributed by atoms with Crippen LogP contribution in [0.2, 0.25) is 0 Å². The minimum absolute atomic E-state index is 0.228. The van der Waals surface area contributed by atoms with Crippen LogP contribution in [0.5, 0.6) is 0 Å². The Morgan fingerprint density at radius 1 is 1.36 bits per heavy atom. The molecular weight excluding hydrogens is 178 g/mol. The van der Waals surface area contributed by atoms with Crippen LogP contribution in [0.25, 0.3) is 0 Å². The summed E-state index contributed by atoms with van der Waals surface area (Å²) in [5.74, 6) is 0. The lowest BCUT2D eigenvalue weighted by Crippen LogP contribution is -2.22. The van der Waals surface area contributed by atoms with E-state index in [1.54, 1.807) is 0 Å². The summed E-state index contributed by atoms with van der Waals surface area (Å²) in [4.78, 5) is 18.0. The fourth-order valence-corrected chi connectivity index (χ4v) is 2.05. The number of fused-ring (bicyclic) bond motifs is 1. The van der Waals surface area contributed by atoms with Crippen molar-refractivity contribution in [3.05, 3.63) is 27.4 Å². The molecule has 1 aliphatic rings. The van der Waals surface area contributed by atoms with Crippen LogP contribution >= 0.6 is 0 Å². The maximum atomic E-state index is 11.2. The fraction of sp³-hybridized carbons (Fsp3) is 0.600. The number of aromatic nitrogens is 2. The molecule has 1 aromatic rings. The first-order chi connectivity index (χ1) is 6.81. The van der Waals surface area contributed by atoms with E-state index in [-0.39, 0.29) is 5.69 Å². The summed E-state index contributed by atoms with van der Waals surface area (Å²) in [6.45, 7) is 0.558. The van der Waals surface area contributed by atoms with Gasteiger partial charge in [0.2, 0.25) is 0 Å². The first kappa shape index (κ1) is 9.40. The molecule has 0 atom stereocenters. The Bertz CT molecular complexity index is 383. The fourth-order valence-electron chi connectivity index (χ4n) is 2.05. The Kier molecular flexibility index (Phi) is 2.63. The number of nitrogens with one attached hydrogen (secondary N) is 1. The molecule has 0 fully saturated rings. The van der Waals surface area contributed by atoms with Crippen LogP contribution in [0.15, 0.2) is 4.79 Å². The van der Waals surface area contributed by atoms with Gasteiger partial charge in [0.15, 0.2) is 0 Å². The number of aromatic amines is 1. The van der Waals surface area contributed by atoms with Gasteiger partial charge in [0.05, 0.1) is 5.69 Å². The summed E-state index contributed by atoms with van der Waals surface area (Å²) in [5, 5.41) is 0. The summed E-state index contributed by atoms with van der Waals surface area (Å²) >= 11 is 0. The molecule has 76 valence electrons. The molecule has 0 saturated heterocycles. The molecule has 0 aliphatic heterocycles. The maximum absolute atomic E-state index is 11.2. The molecule has 0 saturated carbocycles. The van der Waals surface area contributed by atoms with Gasteiger partial charge in [-0.15, -0.1) is 0 Å². The molecule has 3 N–H and O–H groups in total. The first-order valence-electron chi connectivity index (χ1n) is 5.12. The number of nitrogens with two attached hydrogens (primary N) is 1. The molecule has 14 heavy (non-hydrogen) atoms. The van der Waals surface area contributed by atoms with Crippen molar-refractivity contribution in [2.75, 3.05) is 6.54 Å². The highest BCUT2D eigenvalue weighted by Gasteiger charge is 2.15. The molecule has 0 spiro atoms. The van der Waals surface area contributed by atoms with Gasteiger partial charge in [0, 0.05) is 12.1 Å². The SMILES string of the molecule is NCCc1nc(=O)[nH]c2c1CCCC2. The van der Waals surface area contributed by atoms with Crippen molar-refractivity contribution >= 4 is 0 Å². The van der Waals surface area contributed by atoms with Crippen LogP contribution in [0.1, 0.15) is 29.8 Å². The van der Waals surface area contributed by atoms with Crippen molar-refractivity contribution in [2.24, 2.45) is 5.73 Å². The zero-order chi connectivity index (χ0) is 9.97. The molecule has 1 aliphatic carbocycles. The Hall–Kier alpha value is -1.16. The molecule has 0 amide bonds. The highest BCUT2D eigenvalue weighted by molar-refractivity contribution is 5.27. The van der Waals surface area contributed by atoms with Gasteiger partial charge < -0.3 is 10.7 Å². The summed E-state index contributed by atoms with van der Waals surface area (Å²) in [7, 11) is 0. The molecule has 1 aromatic heterocycles. The molecule has 0 aromatic carbocycles. The third-order valence-corrected chi connectivity index (χ3v) is 2.69. The molecule has 0 unspecified atom stereocenters. The second-order valence-electron chi connectivity index (χ2n) is 3.69. The quantitative estimate of drug-likeness (QED) is 0.702. The summed E-state index contributed by atoms with van der Waals surface area (Å²) in [6.07, 6.45) is 5.08. The number of rotatable bonds is 2. The number of aryl methyl sites for hydroxylation is 1. The van der Waals surface area contributed by atoms with E-state index in [0.29, 0.717) is 13.0 Å². The first-order valence-corrected chi connectivity index (χ1v) is 5.12. The van der Waals surface area contributed by atoms with E-state index >= 15 is 0 Å². The third-order valence-electron chi connectivity index (χ3n) is 2.69. The van der Waals surface area contributed by atoms with E-state index in [4.69, 9.17) is 5.73 Å². The van der Waals surface area contributed by atoms with E-state index in [1.807, 2.05) is 0 Å². The van der Waals surface area contributed by atoms with Crippen molar-refractivity contribution in [2.45, 2.75) is 32.1 Å². The summed E-state index contributed by atoms with van der Waals surface area (Å²) in [6, 6.07) is 0. The second kappa shape index (κ2) is 3.92. The van der Waals surface area contributed by atoms with Gasteiger partial charge in [-0.25, -0.2) is 4.79 Å². The monoisotopic (exact) mass is 193 g/mol. The predicted molar refractivity (Wildman–Crippen MR) is 54.3 cm³/mol. The molecule has 2 rings (SSSR count). The van der Waals surface area contributed by atoms with Crippen LogP contribution in [0, 0.1) is 0 Å². The molecular formula is C10H15N3O. The van der Waals surface area contributed by atoms with Gasteiger partial charge in [-0.3, -0.25) is 0 Å². The van der Waals surface area contributed by atoms with Crippen LogP contribution < -0.4 is 11.4 Å². The third kappa shape index (κ3) is 1.70. The highest BCUT2D eigenvalue weighted by atomic mass is 16.1. The van der Waals surface area contributed by atoms with Crippen LogP contribution in [0.4, 0.5) is 0 Å². The maximum Gasteiger partial charge on any atom is 0.345 e. The average Bonchev–Trinajstić information content (AvgIpc) is 2.18. The molecule has 4 nitrogen and oxygen atoms in total. The van der Waals surface area contributed by atoms with Crippen molar-refractivity contribution < 1.29 is 0 Å². The lowest BCUT2D eigenvalue weighted by Gasteiger charge is -2.17. The number of hydrogen-bond donors (Lipinski definition) is 2. The normalized spacial score (nSPS) is 15.2. The van der Waals surface area contributed by atoms with Crippen LogP contribution in [-0.2, 0) is 19.3 Å². The Morgan fingerprint density at radius 3 is 2.93 bits per heavy atom. The molecule has 0 bridgehead atoms. The predicted octanol–water partition coefficient (Wildman–Crippen LogP) is 0.150. The molecule has 1 heterocycles. The Morgan fingerprint density at radius 2 is 2.14 bits per heavy atom. The minimum Gasteiger partial charge on any atom is -0.330 e. The van der Waals surface area contributed by atoms with E-state index in [0.717, 1.165) is 30.7 Å². The van der Waals surface area contributed by atoms with Crippen molar-refractivity contribution in [3.63, 3.8) is 0 Å². The van der Waals surface area contributed by atoms with Crippen molar-refractivity contribution in [1.29, 1.82) is 0 Å². The topological polar surface area (TPSA) is 71.8 Å². The lowest BCUT2D eigenvalue weighted by molar-refractivity contribution is 0.644. The van der Waals surface area contributed by atoms with Crippen LogP contribution in [-0.4, -0.2) is 16.5 Å².